The quantitative estimate of drug-likeness (QED) is 0.395. The summed E-state index contributed by atoms with van der Waals surface area (Å²) in [4.78, 5) is 53.3. The summed E-state index contributed by atoms with van der Waals surface area (Å²) in [5.74, 6) is 0.972. The Bertz CT molecular complexity index is 1520. The normalized spacial score (nSPS) is 11.2. The third-order valence-electron chi connectivity index (χ3n) is 4.88. The lowest BCUT2D eigenvalue weighted by Crippen LogP contribution is -2.53. The fourth-order valence-corrected chi connectivity index (χ4v) is 3.15. The number of aromatic amines is 1. The first-order valence-electron chi connectivity index (χ1n) is 11.0. The summed E-state index contributed by atoms with van der Waals surface area (Å²) in [5.41, 5.74) is 0.343. The van der Waals surface area contributed by atoms with Crippen LogP contribution in [0.3, 0.4) is 0 Å². The Balaban J connectivity index is 1.73. The van der Waals surface area contributed by atoms with Crippen molar-refractivity contribution in [1.82, 2.24) is 19.3 Å². The van der Waals surface area contributed by atoms with Crippen molar-refractivity contribution >= 4 is 11.8 Å². The Kier molecular flexibility index (Phi) is 7.39. The molecule has 0 amide bonds. The summed E-state index contributed by atoms with van der Waals surface area (Å²) < 4.78 is 11.8. The molecule has 0 aliphatic carbocycles. The van der Waals surface area contributed by atoms with Gasteiger partial charge in [0, 0.05) is 12.3 Å². The second-order valence-electron chi connectivity index (χ2n) is 7.55. The van der Waals surface area contributed by atoms with Crippen LogP contribution >= 0.6 is 0 Å². The van der Waals surface area contributed by atoms with Gasteiger partial charge in [-0.05, 0) is 49.7 Å². The molecule has 4 aromatic rings. The fraction of sp³-hybridized carbons (Fsp3) is 0.160. The van der Waals surface area contributed by atoms with Crippen LogP contribution in [0.5, 0.6) is 11.6 Å². The maximum atomic E-state index is 13.2. The minimum atomic E-state index is -1.18. The zero-order valence-electron chi connectivity index (χ0n) is 19.6. The topological polar surface area (TPSA) is 130 Å². The highest BCUT2D eigenvalue weighted by Crippen LogP contribution is 2.22. The highest BCUT2D eigenvalue weighted by molar-refractivity contribution is 5.60. The highest BCUT2D eigenvalue weighted by atomic mass is 16.8. The van der Waals surface area contributed by atoms with Crippen LogP contribution in [-0.4, -0.2) is 32.0 Å². The van der Waals surface area contributed by atoms with Gasteiger partial charge in [0.15, 0.2) is 0 Å². The summed E-state index contributed by atoms with van der Waals surface area (Å²) in [6, 6.07) is 19.5. The number of carbonyl (C=O) groups is 1. The van der Waals surface area contributed by atoms with Crippen molar-refractivity contribution in [2.45, 2.75) is 20.4 Å². The Morgan fingerprint density at radius 1 is 1.03 bits per heavy atom. The minimum absolute atomic E-state index is 0.0162. The molecule has 1 N–H and O–H groups in total. The second-order valence-corrected chi connectivity index (χ2v) is 7.55. The predicted molar refractivity (Wildman–Crippen MR) is 129 cm³/mol. The molecular formula is C25H23N5O6. The van der Waals surface area contributed by atoms with Crippen LogP contribution < -0.4 is 26.6 Å². The van der Waals surface area contributed by atoms with E-state index in [0.29, 0.717) is 22.0 Å². The number of benzene rings is 2. The molecule has 0 saturated heterocycles. The lowest BCUT2D eigenvalue weighted by Gasteiger charge is -2.11. The van der Waals surface area contributed by atoms with E-state index in [1.54, 1.807) is 49.5 Å². The van der Waals surface area contributed by atoms with Crippen molar-refractivity contribution in [3.63, 3.8) is 0 Å². The maximum Gasteiger partial charge on any atom is 0.534 e. The van der Waals surface area contributed by atoms with Crippen molar-refractivity contribution in [2.75, 3.05) is 6.61 Å². The molecule has 0 fully saturated rings. The number of hydrogen-bond donors (Lipinski definition) is 1. The standard InChI is InChI=1S/C25H23N5O6/c1-3-34-25(33)36-30-23(31)28-22(29(24(30)32)16-18-9-7-17(2)8-10-18)27-19-11-13-20(14-12-19)35-21-6-4-5-15-26-21/h4-15H,3,16H2,1-2H3,(H,27,28,31). The molecule has 184 valence electrons. The van der Waals surface area contributed by atoms with Crippen LogP contribution in [0.4, 0.5) is 10.5 Å². The van der Waals surface area contributed by atoms with Crippen molar-refractivity contribution in [1.29, 1.82) is 0 Å². The zero-order valence-corrected chi connectivity index (χ0v) is 19.6. The Morgan fingerprint density at radius 3 is 2.44 bits per heavy atom. The summed E-state index contributed by atoms with van der Waals surface area (Å²) in [5, 5.41) is 0. The van der Waals surface area contributed by atoms with Crippen molar-refractivity contribution in [3.05, 3.63) is 111 Å². The SMILES string of the molecule is CCOC(=O)On1c(=O)[nH]/c(=N\c2ccc(Oc3ccccn3)cc2)n(Cc2ccc(C)cc2)c1=O. The second kappa shape index (κ2) is 11.0. The smallest absolute Gasteiger partial charge is 0.439 e. The highest BCUT2D eigenvalue weighted by Gasteiger charge is 2.15. The largest absolute Gasteiger partial charge is 0.534 e. The molecule has 0 unspecified atom stereocenters. The van der Waals surface area contributed by atoms with Crippen molar-refractivity contribution in [3.8, 4) is 11.6 Å². The molecule has 2 aromatic carbocycles. The van der Waals surface area contributed by atoms with E-state index in [1.807, 2.05) is 37.3 Å². The van der Waals surface area contributed by atoms with Gasteiger partial charge in [-0.1, -0.05) is 40.6 Å². The van der Waals surface area contributed by atoms with Gasteiger partial charge in [-0.25, -0.2) is 24.4 Å². The van der Waals surface area contributed by atoms with Gasteiger partial charge in [-0.3, -0.25) is 14.4 Å². The molecule has 36 heavy (non-hydrogen) atoms. The van der Waals surface area contributed by atoms with Crippen LogP contribution in [0.1, 0.15) is 18.1 Å². The Labute approximate surface area is 204 Å². The van der Waals surface area contributed by atoms with E-state index in [-0.39, 0.29) is 18.8 Å². The molecule has 0 bridgehead atoms. The fourth-order valence-electron chi connectivity index (χ4n) is 3.15. The molecule has 0 saturated carbocycles. The summed E-state index contributed by atoms with van der Waals surface area (Å²) in [6.07, 6.45) is 0.441. The van der Waals surface area contributed by atoms with Crippen LogP contribution in [0.15, 0.2) is 87.5 Å². The van der Waals surface area contributed by atoms with E-state index >= 15 is 0 Å². The van der Waals surface area contributed by atoms with Crippen LogP contribution in [0, 0.1) is 6.92 Å². The average Bonchev–Trinajstić information content (AvgIpc) is 2.87. The van der Waals surface area contributed by atoms with E-state index < -0.39 is 17.5 Å². The Morgan fingerprint density at radius 2 is 1.78 bits per heavy atom. The molecule has 11 nitrogen and oxygen atoms in total. The van der Waals surface area contributed by atoms with Gasteiger partial charge in [-0.15, -0.1) is 0 Å². The van der Waals surface area contributed by atoms with Gasteiger partial charge >= 0.3 is 17.5 Å². The number of carbonyl (C=O) groups excluding carboxylic acids is 1. The lowest BCUT2D eigenvalue weighted by molar-refractivity contribution is 0.0409. The van der Waals surface area contributed by atoms with Crippen LogP contribution in [0.2, 0.25) is 0 Å². The molecule has 2 aromatic heterocycles. The number of hydrogen-bond acceptors (Lipinski definition) is 8. The number of ether oxygens (including phenoxy) is 2. The third-order valence-corrected chi connectivity index (χ3v) is 4.88. The van der Waals surface area contributed by atoms with Gasteiger partial charge in [-0.2, -0.15) is 0 Å². The minimum Gasteiger partial charge on any atom is -0.439 e. The number of nitrogens with zero attached hydrogens (tertiary/aromatic N) is 4. The van der Waals surface area contributed by atoms with Crippen LogP contribution in [-0.2, 0) is 11.3 Å². The van der Waals surface area contributed by atoms with Gasteiger partial charge in [0.05, 0.1) is 18.8 Å². The number of aromatic nitrogens is 4. The van der Waals surface area contributed by atoms with E-state index in [0.717, 1.165) is 11.1 Å². The van der Waals surface area contributed by atoms with Gasteiger partial charge in [0.2, 0.25) is 11.5 Å². The number of H-pyrrole nitrogens is 1. The molecule has 11 heteroatoms. The molecule has 0 spiro atoms. The number of nitrogens with one attached hydrogen (secondary N) is 1. The van der Waals surface area contributed by atoms with Crippen molar-refractivity contribution in [2.24, 2.45) is 4.99 Å². The Hall–Kier alpha value is -4.93. The first-order valence-corrected chi connectivity index (χ1v) is 11.0. The third kappa shape index (κ3) is 5.95. The molecule has 0 atom stereocenters. The maximum absolute atomic E-state index is 13.2. The number of rotatable bonds is 7. The summed E-state index contributed by atoms with van der Waals surface area (Å²) in [6.45, 7) is 3.59. The van der Waals surface area contributed by atoms with Gasteiger partial charge in [0.1, 0.15) is 5.75 Å². The summed E-state index contributed by atoms with van der Waals surface area (Å²) in [7, 11) is 0. The molecule has 0 aliphatic heterocycles. The van der Waals surface area contributed by atoms with Gasteiger partial charge < -0.3 is 9.47 Å². The predicted octanol–water partition coefficient (Wildman–Crippen LogP) is 2.70. The van der Waals surface area contributed by atoms with E-state index in [1.165, 1.54) is 4.57 Å². The number of aryl methyl sites for hydroxylation is 1. The van der Waals surface area contributed by atoms with E-state index in [2.05, 4.69) is 19.7 Å². The van der Waals surface area contributed by atoms with Crippen molar-refractivity contribution < 1.29 is 19.1 Å². The monoisotopic (exact) mass is 489 g/mol. The number of pyridine rings is 1. The average molecular weight is 489 g/mol. The summed E-state index contributed by atoms with van der Waals surface area (Å²) >= 11 is 0. The molecule has 0 radical (unpaired) electrons. The van der Waals surface area contributed by atoms with E-state index in [4.69, 9.17) is 9.57 Å². The van der Waals surface area contributed by atoms with E-state index in [9.17, 15) is 14.4 Å². The lowest BCUT2D eigenvalue weighted by atomic mass is 10.1. The molecule has 0 aliphatic rings. The van der Waals surface area contributed by atoms with Gasteiger partial charge in [0.25, 0.3) is 0 Å². The first-order chi connectivity index (χ1) is 17.4. The first kappa shape index (κ1) is 24.2. The zero-order chi connectivity index (χ0) is 25.5. The molecule has 4 rings (SSSR count). The van der Waals surface area contributed by atoms with Crippen LogP contribution in [0.25, 0.3) is 0 Å². The molecular weight excluding hydrogens is 466 g/mol. The molecule has 2 heterocycles.